The third-order valence-corrected chi connectivity index (χ3v) is 12.6. The number of alkyl halides is 2. The number of hydrogen-bond acceptors (Lipinski definition) is 6. The Labute approximate surface area is 225 Å². The van der Waals surface area contributed by atoms with Gasteiger partial charge in [0, 0.05) is 12.8 Å². The first-order chi connectivity index (χ1) is 17.6. The van der Waals surface area contributed by atoms with Gasteiger partial charge in [-0.2, -0.15) is 17.2 Å². The van der Waals surface area contributed by atoms with Crippen LogP contribution in [0.2, 0.25) is 0 Å². The SMILES string of the molecule is C[C@H](CCC(=O)OCC(F)(F)S(=O)(=O)O)[C@H]1CC[C@H]2[C@@H]3CCC4C[C@H](O)CC[C@]4(C)[C@H]3C[C@H](CC=O)[C@]12C. The third kappa shape index (κ3) is 5.18. The van der Waals surface area contributed by atoms with Crippen molar-refractivity contribution in [3.63, 3.8) is 0 Å². The summed E-state index contributed by atoms with van der Waals surface area (Å²) in [7, 11) is -5.65. The molecule has 0 heterocycles. The first kappa shape index (κ1) is 29.8. The summed E-state index contributed by atoms with van der Waals surface area (Å²) in [5.74, 6) is 1.86. The molecule has 7 nitrogen and oxygen atoms in total. The fourth-order valence-electron chi connectivity index (χ4n) is 9.66. The zero-order valence-electron chi connectivity index (χ0n) is 22.8. The summed E-state index contributed by atoms with van der Waals surface area (Å²) in [6.07, 6.45) is 9.80. The Hall–Kier alpha value is -1.13. The number of rotatable bonds is 9. The van der Waals surface area contributed by atoms with Crippen LogP contribution in [-0.4, -0.2) is 48.3 Å². The molecule has 0 saturated heterocycles. The summed E-state index contributed by atoms with van der Waals surface area (Å²) in [5, 5.41) is 5.79. The molecule has 4 aliphatic carbocycles. The van der Waals surface area contributed by atoms with Gasteiger partial charge in [-0.1, -0.05) is 20.8 Å². The van der Waals surface area contributed by atoms with Crippen LogP contribution in [0.5, 0.6) is 0 Å². The van der Waals surface area contributed by atoms with Crippen LogP contribution < -0.4 is 0 Å². The fraction of sp³-hybridized carbons (Fsp3) is 0.929. The molecule has 1 unspecified atom stereocenters. The maximum atomic E-state index is 13.4. The summed E-state index contributed by atoms with van der Waals surface area (Å²) in [6.45, 7) is 5.13. The van der Waals surface area contributed by atoms with Crippen LogP contribution in [0.4, 0.5) is 8.78 Å². The van der Waals surface area contributed by atoms with Gasteiger partial charge in [-0.3, -0.25) is 9.35 Å². The molecule has 0 aromatic heterocycles. The van der Waals surface area contributed by atoms with Crippen molar-refractivity contribution < 1.29 is 41.2 Å². The van der Waals surface area contributed by atoms with Gasteiger partial charge in [0.05, 0.1) is 6.10 Å². The molecular weight excluding hydrogens is 518 g/mol. The standard InChI is InChI=1S/C28H44F2O7S/c1-17(4-9-25(33)37-16-28(29,30)38(34,35)36)22-7-8-23-21-6-5-18-14-20(32)10-12-26(18,2)24(21)15-19(11-13-31)27(22,23)3/h13,17-24,32H,4-12,14-16H2,1-3H3,(H,34,35,36)/t17-,18?,19+,20-,21+,22-,23+,24+,26+,27-/m1/s1. The molecule has 0 spiro atoms. The quantitative estimate of drug-likeness (QED) is 0.224. The lowest BCUT2D eigenvalue weighted by Crippen LogP contribution is -2.57. The van der Waals surface area contributed by atoms with Gasteiger partial charge >= 0.3 is 21.3 Å². The fourth-order valence-corrected chi connectivity index (χ4v) is 9.87. The van der Waals surface area contributed by atoms with E-state index < -0.39 is 27.9 Å². The van der Waals surface area contributed by atoms with E-state index in [2.05, 4.69) is 25.5 Å². The molecule has 0 radical (unpaired) electrons. The number of esters is 1. The molecule has 4 rings (SSSR count). The molecule has 0 amide bonds. The Morgan fingerprint density at radius 3 is 2.50 bits per heavy atom. The number of halogens is 2. The third-order valence-electron chi connectivity index (χ3n) is 11.7. The average Bonchev–Trinajstić information content (AvgIpc) is 3.20. The number of carbonyl (C=O) groups is 2. The largest absolute Gasteiger partial charge is 0.458 e. The van der Waals surface area contributed by atoms with E-state index in [4.69, 9.17) is 4.55 Å². The monoisotopic (exact) mass is 562 g/mol. The molecule has 0 aromatic rings. The molecule has 38 heavy (non-hydrogen) atoms. The smallest absolute Gasteiger partial charge is 0.402 e. The highest BCUT2D eigenvalue weighted by Crippen LogP contribution is 2.70. The van der Waals surface area contributed by atoms with Crippen molar-refractivity contribution in [2.75, 3.05) is 6.61 Å². The van der Waals surface area contributed by atoms with Gasteiger partial charge in [-0.05, 0) is 110 Å². The maximum Gasteiger partial charge on any atom is 0.402 e. The van der Waals surface area contributed by atoms with E-state index in [0.717, 1.165) is 57.7 Å². The van der Waals surface area contributed by atoms with E-state index in [1.807, 2.05) is 0 Å². The Bertz CT molecular complexity index is 1000. The van der Waals surface area contributed by atoms with Gasteiger partial charge in [-0.25, -0.2) is 0 Å². The summed E-state index contributed by atoms with van der Waals surface area (Å²) in [5.41, 5.74) is 0.142. The second kappa shape index (κ2) is 10.7. The highest BCUT2D eigenvalue weighted by atomic mass is 32.2. The molecule has 4 fully saturated rings. The minimum Gasteiger partial charge on any atom is -0.458 e. The zero-order chi connectivity index (χ0) is 28.1. The molecule has 218 valence electrons. The van der Waals surface area contributed by atoms with Crippen LogP contribution in [-0.2, 0) is 24.4 Å². The lowest BCUT2D eigenvalue weighted by Gasteiger charge is -2.63. The topological polar surface area (TPSA) is 118 Å². The van der Waals surface area contributed by atoms with E-state index in [1.165, 1.54) is 0 Å². The van der Waals surface area contributed by atoms with Crippen molar-refractivity contribution >= 4 is 22.4 Å². The highest BCUT2D eigenvalue weighted by molar-refractivity contribution is 7.86. The minimum atomic E-state index is -5.65. The molecule has 10 heteroatoms. The second-order valence-corrected chi connectivity index (χ2v) is 14.8. The minimum absolute atomic E-state index is 0.0548. The van der Waals surface area contributed by atoms with Crippen molar-refractivity contribution in [3.8, 4) is 0 Å². The van der Waals surface area contributed by atoms with Gasteiger partial charge in [0.15, 0.2) is 6.61 Å². The Kier molecular flexibility index (Phi) is 8.40. The first-order valence-electron chi connectivity index (χ1n) is 14.3. The van der Waals surface area contributed by atoms with Crippen molar-refractivity contribution in [1.29, 1.82) is 0 Å². The van der Waals surface area contributed by atoms with Crippen molar-refractivity contribution in [3.05, 3.63) is 0 Å². The van der Waals surface area contributed by atoms with E-state index in [1.54, 1.807) is 0 Å². The van der Waals surface area contributed by atoms with Crippen LogP contribution in [0, 0.1) is 52.3 Å². The van der Waals surface area contributed by atoms with E-state index in [9.17, 15) is 31.9 Å². The second-order valence-electron chi connectivity index (χ2n) is 13.3. The van der Waals surface area contributed by atoms with Crippen LogP contribution in [0.1, 0.15) is 91.4 Å². The van der Waals surface area contributed by atoms with Crippen molar-refractivity contribution in [2.45, 2.75) is 103 Å². The number of aldehydes is 1. The Balaban J connectivity index is 1.45. The maximum absolute atomic E-state index is 13.4. The van der Waals surface area contributed by atoms with Crippen LogP contribution in [0.15, 0.2) is 0 Å². The van der Waals surface area contributed by atoms with Gasteiger partial charge in [0.25, 0.3) is 0 Å². The van der Waals surface area contributed by atoms with Gasteiger partial charge in [0.2, 0.25) is 0 Å². The normalized spacial score (nSPS) is 41.9. The van der Waals surface area contributed by atoms with Crippen molar-refractivity contribution in [1.82, 2.24) is 0 Å². The van der Waals surface area contributed by atoms with E-state index in [0.29, 0.717) is 36.5 Å². The molecule has 4 aliphatic rings. The lowest BCUT2D eigenvalue weighted by atomic mass is 9.42. The molecule has 0 aromatic carbocycles. The number of fused-ring (bicyclic) bond motifs is 5. The Morgan fingerprint density at radius 2 is 1.84 bits per heavy atom. The predicted octanol–water partition coefficient (Wildman–Crippen LogP) is 5.26. The summed E-state index contributed by atoms with van der Waals surface area (Å²) >= 11 is 0. The first-order valence-corrected chi connectivity index (χ1v) is 15.7. The van der Waals surface area contributed by atoms with Gasteiger partial charge < -0.3 is 14.6 Å². The predicted molar refractivity (Wildman–Crippen MR) is 137 cm³/mol. The van der Waals surface area contributed by atoms with E-state index >= 15 is 0 Å². The van der Waals surface area contributed by atoms with E-state index in [-0.39, 0.29) is 41.1 Å². The van der Waals surface area contributed by atoms with Crippen LogP contribution in [0.3, 0.4) is 0 Å². The molecule has 2 N–H and O–H groups in total. The van der Waals surface area contributed by atoms with Gasteiger partial charge in [-0.15, -0.1) is 0 Å². The molecular formula is C28H44F2O7S. The Morgan fingerprint density at radius 1 is 1.13 bits per heavy atom. The number of hydrogen-bond donors (Lipinski definition) is 2. The number of aliphatic hydroxyl groups excluding tert-OH is 1. The molecule has 0 aliphatic heterocycles. The van der Waals surface area contributed by atoms with Gasteiger partial charge in [0.1, 0.15) is 6.29 Å². The number of ether oxygens (including phenoxy) is 1. The summed E-state index contributed by atoms with van der Waals surface area (Å²) < 4.78 is 61.4. The number of aliphatic hydroxyl groups is 1. The van der Waals surface area contributed by atoms with Crippen LogP contribution >= 0.6 is 0 Å². The van der Waals surface area contributed by atoms with Crippen molar-refractivity contribution in [2.24, 2.45) is 52.3 Å². The lowest BCUT2D eigenvalue weighted by molar-refractivity contribution is -0.156. The average molecular weight is 563 g/mol. The summed E-state index contributed by atoms with van der Waals surface area (Å²) in [4.78, 5) is 24.0. The summed E-state index contributed by atoms with van der Waals surface area (Å²) in [6, 6.07) is 0. The molecule has 0 bridgehead atoms. The van der Waals surface area contributed by atoms with Crippen LogP contribution in [0.25, 0.3) is 0 Å². The molecule has 4 saturated carbocycles. The zero-order valence-corrected chi connectivity index (χ0v) is 23.6. The number of carbonyl (C=O) groups excluding carboxylic acids is 2. The highest BCUT2D eigenvalue weighted by Gasteiger charge is 2.63. The molecule has 10 atom stereocenters.